The summed E-state index contributed by atoms with van der Waals surface area (Å²) in [7, 11) is -2.77. The minimum atomic E-state index is -2.77. The van der Waals surface area contributed by atoms with Gasteiger partial charge in [0.25, 0.3) is 0 Å². The SMILES string of the molecule is Cl.O=S1(=O)CCC(NC2=NCCCS2)C1. The number of rotatable bonds is 1. The van der Waals surface area contributed by atoms with Crippen LogP contribution in [0.3, 0.4) is 0 Å². The van der Waals surface area contributed by atoms with Crippen LogP contribution in [-0.2, 0) is 9.84 Å². The van der Waals surface area contributed by atoms with Gasteiger partial charge in [-0.05, 0) is 12.8 Å². The summed E-state index contributed by atoms with van der Waals surface area (Å²) in [6.45, 7) is 0.870. The smallest absolute Gasteiger partial charge is 0.156 e. The van der Waals surface area contributed by atoms with Crippen LogP contribution in [0.1, 0.15) is 12.8 Å². The lowest BCUT2D eigenvalue weighted by Crippen LogP contribution is -2.35. The second-order valence-electron chi connectivity index (χ2n) is 3.63. The van der Waals surface area contributed by atoms with Crippen LogP contribution in [0.15, 0.2) is 4.99 Å². The van der Waals surface area contributed by atoms with Gasteiger partial charge >= 0.3 is 0 Å². The number of hydrogen-bond acceptors (Lipinski definition) is 5. The third-order valence-corrected chi connectivity index (χ3v) is 5.14. The molecular weight excluding hydrogens is 256 g/mol. The fraction of sp³-hybridized carbons (Fsp3) is 0.875. The molecule has 1 saturated heterocycles. The summed E-state index contributed by atoms with van der Waals surface area (Å²) < 4.78 is 22.4. The Morgan fingerprint density at radius 2 is 2.27 bits per heavy atom. The van der Waals surface area contributed by atoms with Crippen LogP contribution < -0.4 is 5.32 Å². The van der Waals surface area contributed by atoms with E-state index in [0.29, 0.717) is 5.75 Å². The van der Waals surface area contributed by atoms with Crippen molar-refractivity contribution in [3.05, 3.63) is 0 Å². The molecule has 2 rings (SSSR count). The van der Waals surface area contributed by atoms with E-state index in [-0.39, 0.29) is 24.2 Å². The van der Waals surface area contributed by atoms with Crippen molar-refractivity contribution in [1.82, 2.24) is 5.32 Å². The van der Waals surface area contributed by atoms with Gasteiger partial charge in [-0.2, -0.15) is 0 Å². The lowest BCUT2D eigenvalue weighted by atomic mass is 10.3. The Labute approximate surface area is 101 Å². The summed E-state index contributed by atoms with van der Waals surface area (Å²) in [5, 5.41) is 4.14. The van der Waals surface area contributed by atoms with Crippen LogP contribution in [-0.4, -0.2) is 43.4 Å². The molecule has 0 aromatic carbocycles. The molecule has 0 aromatic heterocycles. The number of amidine groups is 1. The molecule has 2 heterocycles. The maximum atomic E-state index is 11.2. The zero-order valence-electron chi connectivity index (χ0n) is 8.31. The predicted octanol–water partition coefficient (Wildman–Crippen LogP) is 0.678. The van der Waals surface area contributed by atoms with Crippen molar-refractivity contribution < 1.29 is 8.42 Å². The van der Waals surface area contributed by atoms with E-state index >= 15 is 0 Å². The molecule has 0 radical (unpaired) electrons. The Morgan fingerprint density at radius 3 is 2.80 bits per heavy atom. The molecule has 7 heteroatoms. The van der Waals surface area contributed by atoms with Crippen molar-refractivity contribution in [2.24, 2.45) is 4.99 Å². The Hall–Kier alpha value is 0.0600. The summed E-state index contributed by atoms with van der Waals surface area (Å²) in [4.78, 5) is 4.31. The molecule has 1 unspecified atom stereocenters. The second kappa shape index (κ2) is 5.41. The van der Waals surface area contributed by atoms with E-state index in [0.717, 1.165) is 30.3 Å². The highest BCUT2D eigenvalue weighted by molar-refractivity contribution is 8.13. The first-order valence-electron chi connectivity index (χ1n) is 4.80. The van der Waals surface area contributed by atoms with Crippen molar-refractivity contribution in [1.29, 1.82) is 0 Å². The molecule has 1 fully saturated rings. The third kappa shape index (κ3) is 3.85. The summed E-state index contributed by atoms with van der Waals surface area (Å²) in [5.74, 6) is 1.68. The number of hydrogen-bond donors (Lipinski definition) is 1. The topological polar surface area (TPSA) is 58.5 Å². The lowest BCUT2D eigenvalue weighted by Gasteiger charge is -2.16. The van der Waals surface area contributed by atoms with E-state index < -0.39 is 9.84 Å². The molecule has 0 amide bonds. The van der Waals surface area contributed by atoms with E-state index in [1.54, 1.807) is 11.8 Å². The molecule has 0 saturated carbocycles. The van der Waals surface area contributed by atoms with Gasteiger partial charge in [0, 0.05) is 18.3 Å². The van der Waals surface area contributed by atoms with E-state index in [1.165, 1.54) is 0 Å². The van der Waals surface area contributed by atoms with Gasteiger partial charge in [-0.1, -0.05) is 11.8 Å². The summed E-state index contributed by atoms with van der Waals surface area (Å²) in [5.41, 5.74) is 0. The van der Waals surface area contributed by atoms with Crippen LogP contribution in [0.4, 0.5) is 0 Å². The summed E-state index contributed by atoms with van der Waals surface area (Å²) in [6.07, 6.45) is 1.85. The molecule has 0 bridgehead atoms. The monoisotopic (exact) mass is 270 g/mol. The highest BCUT2D eigenvalue weighted by atomic mass is 35.5. The number of sulfone groups is 1. The zero-order chi connectivity index (χ0) is 10.0. The van der Waals surface area contributed by atoms with Gasteiger partial charge in [-0.25, -0.2) is 8.42 Å². The van der Waals surface area contributed by atoms with Crippen molar-refractivity contribution in [3.63, 3.8) is 0 Å². The van der Waals surface area contributed by atoms with Crippen molar-refractivity contribution >= 4 is 39.2 Å². The van der Waals surface area contributed by atoms with Gasteiger partial charge in [-0.3, -0.25) is 4.99 Å². The Morgan fingerprint density at radius 1 is 1.47 bits per heavy atom. The molecule has 1 N–H and O–H groups in total. The standard InChI is InChI=1S/C8H14N2O2S2.ClH/c11-14(12)5-2-7(6-14)10-8-9-3-1-4-13-8;/h7H,1-6H2,(H,9,10);1H. The first-order chi connectivity index (χ1) is 6.66. The number of aliphatic imine (C=N–C) groups is 1. The number of thioether (sulfide) groups is 1. The number of nitrogens with one attached hydrogen (secondary N) is 1. The molecule has 0 spiro atoms. The third-order valence-electron chi connectivity index (χ3n) is 2.36. The van der Waals surface area contributed by atoms with Gasteiger partial charge in [0.05, 0.1) is 11.5 Å². The normalized spacial score (nSPS) is 29.1. The number of nitrogens with zero attached hydrogens (tertiary/aromatic N) is 1. The quantitative estimate of drug-likeness (QED) is 0.761. The van der Waals surface area contributed by atoms with Crippen LogP contribution in [0.5, 0.6) is 0 Å². The molecule has 0 aromatic rings. The van der Waals surface area contributed by atoms with Gasteiger partial charge < -0.3 is 5.32 Å². The highest BCUT2D eigenvalue weighted by Crippen LogP contribution is 2.15. The van der Waals surface area contributed by atoms with Crippen molar-refractivity contribution in [2.45, 2.75) is 18.9 Å². The van der Waals surface area contributed by atoms with E-state index in [4.69, 9.17) is 0 Å². The molecule has 1 atom stereocenters. The van der Waals surface area contributed by atoms with E-state index in [2.05, 4.69) is 10.3 Å². The fourth-order valence-electron chi connectivity index (χ4n) is 1.63. The largest absolute Gasteiger partial charge is 0.361 e. The first-order valence-corrected chi connectivity index (χ1v) is 7.61. The minimum absolute atomic E-state index is 0. The average molecular weight is 271 g/mol. The van der Waals surface area contributed by atoms with Crippen LogP contribution in [0.2, 0.25) is 0 Å². The van der Waals surface area contributed by atoms with Crippen LogP contribution in [0, 0.1) is 0 Å². The zero-order valence-corrected chi connectivity index (χ0v) is 10.8. The van der Waals surface area contributed by atoms with Gasteiger partial charge in [0.15, 0.2) is 15.0 Å². The molecule has 0 aliphatic carbocycles. The Bertz CT molecular complexity index is 343. The second-order valence-corrected chi connectivity index (χ2v) is 6.95. The number of halogens is 1. The first kappa shape index (κ1) is 13.1. The Kier molecular flexibility index (Phi) is 4.73. The Balaban J connectivity index is 0.00000112. The van der Waals surface area contributed by atoms with Gasteiger partial charge in [-0.15, -0.1) is 12.4 Å². The maximum absolute atomic E-state index is 11.2. The summed E-state index contributed by atoms with van der Waals surface area (Å²) >= 11 is 1.69. The van der Waals surface area contributed by atoms with Crippen LogP contribution >= 0.6 is 24.2 Å². The lowest BCUT2D eigenvalue weighted by molar-refractivity contribution is 0.600. The summed E-state index contributed by atoms with van der Waals surface area (Å²) in [6, 6.07) is 0.0874. The molecule has 88 valence electrons. The molecule has 15 heavy (non-hydrogen) atoms. The fourth-order valence-corrected chi connectivity index (χ4v) is 4.20. The van der Waals surface area contributed by atoms with Crippen LogP contribution in [0.25, 0.3) is 0 Å². The molecule has 2 aliphatic rings. The highest BCUT2D eigenvalue weighted by Gasteiger charge is 2.28. The molecule has 4 nitrogen and oxygen atoms in total. The van der Waals surface area contributed by atoms with Gasteiger partial charge in [0.2, 0.25) is 0 Å². The average Bonchev–Trinajstić information content (AvgIpc) is 2.47. The minimum Gasteiger partial charge on any atom is -0.361 e. The maximum Gasteiger partial charge on any atom is 0.156 e. The van der Waals surface area contributed by atoms with Gasteiger partial charge in [0.1, 0.15) is 0 Å². The molecular formula is C8H15ClN2O2S2. The van der Waals surface area contributed by atoms with Crippen molar-refractivity contribution in [3.8, 4) is 0 Å². The van der Waals surface area contributed by atoms with E-state index in [9.17, 15) is 8.42 Å². The van der Waals surface area contributed by atoms with E-state index in [1.807, 2.05) is 0 Å². The van der Waals surface area contributed by atoms with Crippen molar-refractivity contribution in [2.75, 3.05) is 23.8 Å². The predicted molar refractivity (Wildman–Crippen MR) is 66.8 cm³/mol. The molecule has 2 aliphatic heterocycles.